The first-order valence-corrected chi connectivity index (χ1v) is 5.48. The summed E-state index contributed by atoms with van der Waals surface area (Å²) < 4.78 is 4.68. The van der Waals surface area contributed by atoms with E-state index in [9.17, 15) is 9.59 Å². The van der Waals surface area contributed by atoms with E-state index in [1.165, 1.54) is 6.08 Å². The van der Waals surface area contributed by atoms with Crippen molar-refractivity contribution in [3.05, 3.63) is 22.7 Å². The third-order valence-corrected chi connectivity index (χ3v) is 2.45. The first-order chi connectivity index (χ1) is 8.11. The molecule has 0 aromatic carbocycles. The standard InChI is InChI=1S/C9H11N3O4S/c1-2-3-16-9(15)10-5-7-12-11-6(17-7)4-8(13)14/h2H,1,3-5H2,(H,10,15)(H,13,14). The summed E-state index contributed by atoms with van der Waals surface area (Å²) in [6.45, 7) is 3.69. The molecule has 0 atom stereocenters. The second-order valence-electron chi connectivity index (χ2n) is 2.90. The molecule has 0 bridgehead atoms. The highest BCUT2D eigenvalue weighted by molar-refractivity contribution is 7.11. The molecule has 1 amide bonds. The Hall–Kier alpha value is -1.96. The van der Waals surface area contributed by atoms with E-state index in [0.29, 0.717) is 10.0 Å². The number of nitrogens with one attached hydrogen (secondary N) is 1. The van der Waals surface area contributed by atoms with Gasteiger partial charge in [0.25, 0.3) is 0 Å². The van der Waals surface area contributed by atoms with E-state index >= 15 is 0 Å². The highest BCUT2D eigenvalue weighted by Gasteiger charge is 2.09. The van der Waals surface area contributed by atoms with Gasteiger partial charge in [-0.05, 0) is 0 Å². The number of hydrogen-bond donors (Lipinski definition) is 2. The molecule has 17 heavy (non-hydrogen) atoms. The number of aliphatic carboxylic acids is 1. The Kier molecular flexibility index (Phi) is 5.08. The van der Waals surface area contributed by atoms with Crippen molar-refractivity contribution >= 4 is 23.4 Å². The minimum absolute atomic E-state index is 0.131. The maximum Gasteiger partial charge on any atom is 0.407 e. The molecule has 0 aliphatic carbocycles. The third-order valence-electron chi connectivity index (χ3n) is 1.53. The van der Waals surface area contributed by atoms with Crippen LogP contribution in [0.25, 0.3) is 0 Å². The highest BCUT2D eigenvalue weighted by Crippen LogP contribution is 2.09. The van der Waals surface area contributed by atoms with Crippen molar-refractivity contribution in [1.82, 2.24) is 15.5 Å². The van der Waals surface area contributed by atoms with E-state index in [4.69, 9.17) is 5.11 Å². The number of carbonyl (C=O) groups is 2. The van der Waals surface area contributed by atoms with Crippen LogP contribution in [0.3, 0.4) is 0 Å². The van der Waals surface area contributed by atoms with Crippen LogP contribution in [0.5, 0.6) is 0 Å². The smallest absolute Gasteiger partial charge is 0.407 e. The van der Waals surface area contributed by atoms with E-state index in [1.54, 1.807) is 0 Å². The minimum atomic E-state index is -0.967. The summed E-state index contributed by atoms with van der Waals surface area (Å²) in [5, 5.41) is 19.3. The van der Waals surface area contributed by atoms with Gasteiger partial charge in [-0.2, -0.15) is 0 Å². The number of aromatic nitrogens is 2. The number of carbonyl (C=O) groups excluding carboxylic acids is 1. The molecule has 0 saturated carbocycles. The number of alkyl carbamates (subject to hydrolysis) is 1. The molecule has 92 valence electrons. The number of carboxylic acid groups (broad SMARTS) is 1. The molecule has 0 fully saturated rings. The molecule has 1 aromatic rings. The summed E-state index contributed by atoms with van der Waals surface area (Å²) in [4.78, 5) is 21.4. The van der Waals surface area contributed by atoms with Crippen LogP contribution in [0.4, 0.5) is 4.79 Å². The van der Waals surface area contributed by atoms with Crippen molar-refractivity contribution in [1.29, 1.82) is 0 Å². The maximum absolute atomic E-state index is 11.0. The van der Waals surface area contributed by atoms with E-state index in [0.717, 1.165) is 11.3 Å². The largest absolute Gasteiger partial charge is 0.481 e. The molecule has 1 aromatic heterocycles. The van der Waals surface area contributed by atoms with Gasteiger partial charge in [0.2, 0.25) is 0 Å². The SMILES string of the molecule is C=CCOC(=O)NCc1nnc(CC(=O)O)s1. The van der Waals surface area contributed by atoms with Crippen molar-refractivity contribution in [3.63, 3.8) is 0 Å². The zero-order chi connectivity index (χ0) is 12.7. The van der Waals surface area contributed by atoms with Crippen LogP contribution in [0.2, 0.25) is 0 Å². The predicted octanol–water partition coefficient (Wildman–Crippen LogP) is 0.577. The summed E-state index contributed by atoms with van der Waals surface area (Å²) in [7, 11) is 0. The van der Waals surface area contributed by atoms with Crippen LogP contribution >= 0.6 is 11.3 Å². The Bertz CT molecular complexity index is 418. The third kappa shape index (κ3) is 5.07. The minimum Gasteiger partial charge on any atom is -0.481 e. The lowest BCUT2D eigenvalue weighted by Crippen LogP contribution is -2.23. The topological polar surface area (TPSA) is 101 Å². The molecule has 1 rings (SSSR count). The average molecular weight is 257 g/mol. The van der Waals surface area contributed by atoms with Crippen LogP contribution < -0.4 is 5.32 Å². The first kappa shape index (κ1) is 13.1. The van der Waals surface area contributed by atoms with Crippen molar-refractivity contribution in [2.45, 2.75) is 13.0 Å². The van der Waals surface area contributed by atoms with Gasteiger partial charge in [0.05, 0.1) is 13.0 Å². The average Bonchev–Trinajstić information content (AvgIpc) is 2.70. The Labute approximate surface area is 101 Å². The molecule has 0 spiro atoms. The number of rotatable bonds is 6. The lowest BCUT2D eigenvalue weighted by molar-refractivity contribution is -0.136. The van der Waals surface area contributed by atoms with Crippen molar-refractivity contribution in [3.8, 4) is 0 Å². The van der Waals surface area contributed by atoms with E-state index in [-0.39, 0.29) is 19.6 Å². The molecule has 2 N–H and O–H groups in total. The van der Waals surface area contributed by atoms with Gasteiger partial charge in [-0.25, -0.2) is 4.79 Å². The van der Waals surface area contributed by atoms with E-state index in [1.807, 2.05) is 0 Å². The van der Waals surface area contributed by atoms with Gasteiger partial charge >= 0.3 is 12.1 Å². The number of carboxylic acids is 1. The van der Waals surface area contributed by atoms with Gasteiger partial charge in [-0.3, -0.25) is 4.79 Å². The summed E-state index contributed by atoms with van der Waals surface area (Å²) >= 11 is 1.13. The summed E-state index contributed by atoms with van der Waals surface area (Å²) in [6.07, 6.45) is 0.702. The van der Waals surface area contributed by atoms with Crippen LogP contribution in [-0.2, 0) is 22.5 Å². The molecular formula is C9H11N3O4S. The fraction of sp³-hybridized carbons (Fsp3) is 0.333. The van der Waals surface area contributed by atoms with Crippen LogP contribution in [0, 0.1) is 0 Å². The number of ether oxygens (including phenoxy) is 1. The highest BCUT2D eigenvalue weighted by atomic mass is 32.1. The fourth-order valence-corrected chi connectivity index (χ4v) is 1.67. The number of amides is 1. The zero-order valence-corrected chi connectivity index (χ0v) is 9.70. The Morgan fingerprint density at radius 1 is 1.47 bits per heavy atom. The van der Waals surface area contributed by atoms with Gasteiger partial charge < -0.3 is 15.2 Å². The number of hydrogen-bond acceptors (Lipinski definition) is 6. The summed E-state index contributed by atoms with van der Waals surface area (Å²) in [5.41, 5.74) is 0. The van der Waals surface area contributed by atoms with Gasteiger partial charge in [0.15, 0.2) is 0 Å². The van der Waals surface area contributed by atoms with Gasteiger partial charge in [-0.15, -0.1) is 10.2 Å². The lowest BCUT2D eigenvalue weighted by atomic mass is 10.5. The monoisotopic (exact) mass is 257 g/mol. The Morgan fingerprint density at radius 3 is 2.82 bits per heavy atom. The van der Waals surface area contributed by atoms with E-state index < -0.39 is 12.1 Å². The Morgan fingerprint density at radius 2 is 2.18 bits per heavy atom. The molecule has 0 saturated heterocycles. The molecule has 0 aliphatic heterocycles. The molecule has 8 heteroatoms. The first-order valence-electron chi connectivity index (χ1n) is 4.66. The second-order valence-corrected chi connectivity index (χ2v) is 4.05. The maximum atomic E-state index is 11.0. The van der Waals surface area contributed by atoms with Crippen LogP contribution in [0.15, 0.2) is 12.7 Å². The lowest BCUT2D eigenvalue weighted by Gasteiger charge is -2.01. The molecule has 0 unspecified atom stereocenters. The summed E-state index contributed by atoms with van der Waals surface area (Å²) in [5.74, 6) is -0.967. The van der Waals surface area contributed by atoms with E-state index in [2.05, 4.69) is 26.8 Å². The molecule has 0 radical (unpaired) electrons. The van der Waals surface area contributed by atoms with Gasteiger partial charge in [0.1, 0.15) is 16.6 Å². The van der Waals surface area contributed by atoms with Crippen LogP contribution in [-0.4, -0.2) is 34.0 Å². The normalized spacial score (nSPS) is 9.65. The molecule has 7 nitrogen and oxygen atoms in total. The fourth-order valence-electron chi connectivity index (χ4n) is 0.894. The summed E-state index contributed by atoms with van der Waals surface area (Å²) in [6, 6.07) is 0. The van der Waals surface area contributed by atoms with Crippen molar-refractivity contribution in [2.24, 2.45) is 0 Å². The predicted molar refractivity (Wildman–Crippen MR) is 59.6 cm³/mol. The quantitative estimate of drug-likeness (QED) is 0.723. The molecular weight excluding hydrogens is 246 g/mol. The van der Waals surface area contributed by atoms with Crippen LogP contribution in [0.1, 0.15) is 10.0 Å². The van der Waals surface area contributed by atoms with Crippen molar-refractivity contribution < 1.29 is 19.4 Å². The molecule has 0 aliphatic rings. The Balaban J connectivity index is 2.36. The van der Waals surface area contributed by atoms with Gasteiger partial charge in [-0.1, -0.05) is 24.0 Å². The van der Waals surface area contributed by atoms with Crippen molar-refractivity contribution in [2.75, 3.05) is 6.61 Å². The molecule has 1 heterocycles. The zero-order valence-electron chi connectivity index (χ0n) is 8.88. The van der Waals surface area contributed by atoms with Gasteiger partial charge in [0, 0.05) is 0 Å². The second kappa shape index (κ2) is 6.59. The number of nitrogens with zero attached hydrogens (tertiary/aromatic N) is 2.